The minimum absolute atomic E-state index is 0.174. The lowest BCUT2D eigenvalue weighted by atomic mass is 9.66. The van der Waals surface area contributed by atoms with Gasteiger partial charge in [0.25, 0.3) is 0 Å². The van der Waals surface area contributed by atoms with E-state index >= 15 is 0 Å². The Bertz CT molecular complexity index is 1010. The molecule has 1 N–H and O–H groups in total. The van der Waals surface area contributed by atoms with E-state index in [2.05, 4.69) is 59.9 Å². The smallest absolute Gasteiger partial charge is 0.147 e. The van der Waals surface area contributed by atoms with Crippen molar-refractivity contribution in [2.24, 2.45) is 0 Å². The summed E-state index contributed by atoms with van der Waals surface area (Å²) < 4.78 is 0. The number of ketones is 1. The van der Waals surface area contributed by atoms with Gasteiger partial charge in [-0.05, 0) is 54.1 Å². The summed E-state index contributed by atoms with van der Waals surface area (Å²) in [6, 6.07) is 29.5. The number of nitrogens with one attached hydrogen (secondary N) is 1. The molecule has 3 aromatic rings. The van der Waals surface area contributed by atoms with Crippen LogP contribution in [-0.2, 0) is 16.6 Å². The molecule has 158 valence electrons. The maximum Gasteiger partial charge on any atom is 0.147 e. The predicted molar refractivity (Wildman–Crippen MR) is 129 cm³/mol. The number of fused-ring (bicyclic) bond motifs is 1. The summed E-state index contributed by atoms with van der Waals surface area (Å²) in [6.45, 7) is 1.98. The SMILES string of the molecule is CCC(=O)C(C[C@@H](CC1=CCc2ccccc21)NC)(c1ccccc1)c1ccccc1. The molecule has 0 bridgehead atoms. The van der Waals surface area contributed by atoms with Crippen molar-refractivity contribution in [3.8, 4) is 0 Å². The third-order valence-corrected chi connectivity index (χ3v) is 6.69. The Morgan fingerprint density at radius 3 is 2.06 bits per heavy atom. The van der Waals surface area contributed by atoms with Gasteiger partial charge >= 0.3 is 0 Å². The second-order valence-corrected chi connectivity index (χ2v) is 8.40. The highest BCUT2D eigenvalue weighted by Gasteiger charge is 2.42. The van der Waals surface area contributed by atoms with Crippen LogP contribution in [-0.4, -0.2) is 18.9 Å². The average Bonchev–Trinajstić information content (AvgIpc) is 3.25. The zero-order valence-electron chi connectivity index (χ0n) is 18.5. The van der Waals surface area contributed by atoms with Gasteiger partial charge in [0, 0.05) is 12.5 Å². The molecule has 0 radical (unpaired) electrons. The highest BCUT2D eigenvalue weighted by Crippen LogP contribution is 2.41. The van der Waals surface area contributed by atoms with E-state index in [0.29, 0.717) is 6.42 Å². The first-order valence-corrected chi connectivity index (χ1v) is 11.3. The minimum atomic E-state index is -0.663. The fourth-order valence-electron chi connectivity index (χ4n) is 5.04. The van der Waals surface area contributed by atoms with Crippen molar-refractivity contribution < 1.29 is 4.79 Å². The minimum Gasteiger partial charge on any atom is -0.317 e. The van der Waals surface area contributed by atoms with Crippen molar-refractivity contribution in [1.29, 1.82) is 0 Å². The highest BCUT2D eigenvalue weighted by atomic mass is 16.1. The van der Waals surface area contributed by atoms with Crippen molar-refractivity contribution in [3.63, 3.8) is 0 Å². The number of hydrogen-bond donors (Lipinski definition) is 1. The first-order valence-electron chi connectivity index (χ1n) is 11.3. The molecule has 0 saturated heterocycles. The third kappa shape index (κ3) is 4.13. The predicted octanol–water partition coefficient (Wildman–Crippen LogP) is 5.96. The monoisotopic (exact) mass is 409 g/mol. The zero-order chi connectivity index (χ0) is 21.7. The standard InChI is InChI=1S/C29H31NO/c1-3-28(31)29(24-13-6-4-7-14-24,25-15-8-5-9-16-25)21-26(30-2)20-23-19-18-22-12-10-11-17-27(22)23/h4-17,19,26,30H,3,18,20-21H2,1-2H3/t26-/m1/s1. The van der Waals surface area contributed by atoms with Crippen LogP contribution in [0.15, 0.2) is 91.0 Å². The Kier molecular flexibility index (Phi) is 6.48. The van der Waals surface area contributed by atoms with Crippen molar-refractivity contribution in [2.75, 3.05) is 7.05 Å². The number of hydrogen-bond acceptors (Lipinski definition) is 2. The van der Waals surface area contributed by atoms with Gasteiger partial charge in [-0.2, -0.15) is 0 Å². The highest BCUT2D eigenvalue weighted by molar-refractivity contribution is 5.93. The van der Waals surface area contributed by atoms with Gasteiger partial charge in [0.15, 0.2) is 0 Å². The maximum atomic E-state index is 13.7. The second kappa shape index (κ2) is 9.45. The van der Waals surface area contributed by atoms with Gasteiger partial charge in [0.2, 0.25) is 0 Å². The van der Waals surface area contributed by atoms with Gasteiger partial charge in [-0.3, -0.25) is 4.79 Å². The molecule has 0 unspecified atom stereocenters. The fourth-order valence-corrected chi connectivity index (χ4v) is 5.04. The van der Waals surface area contributed by atoms with E-state index in [1.807, 2.05) is 50.4 Å². The largest absolute Gasteiger partial charge is 0.317 e. The number of allylic oxidation sites excluding steroid dienone is 1. The quantitative estimate of drug-likeness (QED) is 0.472. The molecule has 0 heterocycles. The lowest BCUT2D eigenvalue weighted by molar-refractivity contribution is -0.123. The van der Waals surface area contributed by atoms with Crippen molar-refractivity contribution in [3.05, 3.63) is 113 Å². The van der Waals surface area contributed by atoms with Gasteiger partial charge < -0.3 is 5.32 Å². The molecule has 0 amide bonds. The number of carbonyl (C=O) groups is 1. The fraction of sp³-hybridized carbons (Fsp3) is 0.276. The molecule has 2 nitrogen and oxygen atoms in total. The first kappa shape index (κ1) is 21.3. The normalized spacial score (nSPS) is 14.1. The molecule has 0 spiro atoms. The van der Waals surface area contributed by atoms with Crippen LogP contribution in [0, 0.1) is 0 Å². The van der Waals surface area contributed by atoms with Gasteiger partial charge in [0.1, 0.15) is 5.78 Å². The van der Waals surface area contributed by atoms with Crippen LogP contribution in [0.3, 0.4) is 0 Å². The molecule has 2 heteroatoms. The average molecular weight is 410 g/mol. The summed E-state index contributed by atoms with van der Waals surface area (Å²) in [5.74, 6) is 0.269. The summed E-state index contributed by atoms with van der Waals surface area (Å²) in [7, 11) is 2.02. The summed E-state index contributed by atoms with van der Waals surface area (Å²) in [5.41, 5.74) is 5.63. The van der Waals surface area contributed by atoms with Crippen LogP contribution >= 0.6 is 0 Å². The third-order valence-electron chi connectivity index (χ3n) is 6.69. The molecule has 0 fully saturated rings. The summed E-state index contributed by atoms with van der Waals surface area (Å²) in [5, 5.41) is 3.54. The lowest BCUT2D eigenvalue weighted by Gasteiger charge is -2.37. The molecule has 1 aliphatic carbocycles. The molecule has 4 rings (SSSR count). The van der Waals surface area contributed by atoms with Crippen molar-refractivity contribution in [1.82, 2.24) is 5.32 Å². The molecule has 31 heavy (non-hydrogen) atoms. The van der Waals surface area contributed by atoms with E-state index in [1.54, 1.807) is 0 Å². The van der Waals surface area contributed by atoms with E-state index in [4.69, 9.17) is 0 Å². The van der Waals surface area contributed by atoms with E-state index in [0.717, 1.165) is 30.4 Å². The Morgan fingerprint density at radius 2 is 1.48 bits per heavy atom. The Labute approximate surface area is 186 Å². The molecular weight excluding hydrogens is 378 g/mol. The summed E-state index contributed by atoms with van der Waals surface area (Å²) >= 11 is 0. The van der Waals surface area contributed by atoms with Crippen molar-refractivity contribution >= 4 is 11.4 Å². The van der Waals surface area contributed by atoms with Crippen LogP contribution in [0.25, 0.3) is 5.57 Å². The van der Waals surface area contributed by atoms with Gasteiger partial charge in [0.05, 0.1) is 5.41 Å². The summed E-state index contributed by atoms with van der Waals surface area (Å²) in [4.78, 5) is 13.7. The van der Waals surface area contributed by atoms with E-state index in [9.17, 15) is 4.79 Å². The molecule has 0 aliphatic heterocycles. The Balaban J connectivity index is 1.74. The molecule has 1 atom stereocenters. The van der Waals surface area contributed by atoms with Gasteiger partial charge in [-0.15, -0.1) is 0 Å². The topological polar surface area (TPSA) is 29.1 Å². The van der Waals surface area contributed by atoms with Crippen LogP contribution in [0.1, 0.15) is 48.4 Å². The Hall–Kier alpha value is -2.97. The molecule has 3 aromatic carbocycles. The number of Topliss-reactive ketones (excluding diaryl/α,β-unsaturated/α-hetero) is 1. The maximum absolute atomic E-state index is 13.7. The van der Waals surface area contributed by atoms with E-state index < -0.39 is 5.41 Å². The number of benzene rings is 3. The zero-order valence-corrected chi connectivity index (χ0v) is 18.5. The Morgan fingerprint density at radius 1 is 0.903 bits per heavy atom. The first-order chi connectivity index (χ1) is 15.2. The molecular formula is C29H31NO. The van der Waals surface area contributed by atoms with E-state index in [-0.39, 0.29) is 11.8 Å². The van der Waals surface area contributed by atoms with Crippen LogP contribution in [0.5, 0.6) is 0 Å². The van der Waals surface area contributed by atoms with Crippen LogP contribution < -0.4 is 5.32 Å². The van der Waals surface area contributed by atoms with Crippen LogP contribution in [0.2, 0.25) is 0 Å². The van der Waals surface area contributed by atoms with Gasteiger partial charge in [-0.25, -0.2) is 0 Å². The van der Waals surface area contributed by atoms with Gasteiger partial charge in [-0.1, -0.05) is 97.9 Å². The van der Waals surface area contributed by atoms with Crippen molar-refractivity contribution in [2.45, 2.75) is 44.1 Å². The number of carbonyl (C=O) groups excluding carboxylic acids is 1. The lowest BCUT2D eigenvalue weighted by Crippen LogP contribution is -2.43. The second-order valence-electron chi connectivity index (χ2n) is 8.40. The molecule has 0 saturated carbocycles. The molecule has 1 aliphatic rings. The number of rotatable bonds is 9. The molecule has 0 aromatic heterocycles. The van der Waals surface area contributed by atoms with Crippen LogP contribution in [0.4, 0.5) is 0 Å². The van der Waals surface area contributed by atoms with E-state index in [1.165, 1.54) is 16.7 Å². The summed E-state index contributed by atoms with van der Waals surface area (Å²) in [6.07, 6.45) is 5.49.